The smallest absolute Gasteiger partial charge is 0.253 e. The van der Waals surface area contributed by atoms with Crippen LogP contribution < -0.4 is 10.6 Å². The molecule has 5 heteroatoms. The van der Waals surface area contributed by atoms with Gasteiger partial charge in [-0.1, -0.05) is 37.8 Å². The monoisotopic (exact) mass is 355 g/mol. The second kappa shape index (κ2) is 9.32. The van der Waals surface area contributed by atoms with E-state index in [1.54, 1.807) is 24.4 Å². The SMILES string of the molecule is O=C(NC1CCCCCC1)c1ccc(NCCc2ccc(F)cc2)nc1. The van der Waals surface area contributed by atoms with Crippen molar-refractivity contribution in [1.29, 1.82) is 0 Å². The molecule has 1 aromatic carbocycles. The number of anilines is 1. The summed E-state index contributed by atoms with van der Waals surface area (Å²) in [6.45, 7) is 0.701. The molecule has 0 atom stereocenters. The van der Waals surface area contributed by atoms with E-state index in [2.05, 4.69) is 15.6 Å². The van der Waals surface area contributed by atoms with Crippen molar-refractivity contribution in [3.05, 3.63) is 59.5 Å². The molecule has 1 fully saturated rings. The van der Waals surface area contributed by atoms with Crippen LogP contribution in [0.3, 0.4) is 0 Å². The van der Waals surface area contributed by atoms with Gasteiger partial charge < -0.3 is 10.6 Å². The van der Waals surface area contributed by atoms with Crippen LogP contribution in [0, 0.1) is 5.82 Å². The van der Waals surface area contributed by atoms with Gasteiger partial charge in [0, 0.05) is 18.8 Å². The number of amides is 1. The van der Waals surface area contributed by atoms with Crippen molar-refractivity contribution in [2.45, 2.75) is 51.0 Å². The Balaban J connectivity index is 1.46. The van der Waals surface area contributed by atoms with E-state index < -0.39 is 0 Å². The van der Waals surface area contributed by atoms with Gasteiger partial charge in [-0.05, 0) is 49.1 Å². The van der Waals surface area contributed by atoms with Crippen molar-refractivity contribution in [3.8, 4) is 0 Å². The Labute approximate surface area is 154 Å². The second-order valence-corrected chi connectivity index (χ2v) is 6.90. The van der Waals surface area contributed by atoms with Gasteiger partial charge in [0.2, 0.25) is 0 Å². The lowest BCUT2D eigenvalue weighted by Crippen LogP contribution is -2.34. The molecule has 1 amide bonds. The number of carbonyl (C=O) groups excluding carboxylic acids is 1. The Morgan fingerprint density at radius 2 is 1.77 bits per heavy atom. The van der Waals surface area contributed by atoms with Gasteiger partial charge in [0.05, 0.1) is 5.56 Å². The maximum absolute atomic E-state index is 12.9. The summed E-state index contributed by atoms with van der Waals surface area (Å²) >= 11 is 0. The Kier molecular flexibility index (Phi) is 6.58. The molecule has 0 radical (unpaired) electrons. The van der Waals surface area contributed by atoms with E-state index in [9.17, 15) is 9.18 Å². The van der Waals surface area contributed by atoms with Gasteiger partial charge in [-0.15, -0.1) is 0 Å². The summed E-state index contributed by atoms with van der Waals surface area (Å²) in [7, 11) is 0. The standard InChI is InChI=1S/C21H26FN3O/c22-18-10-7-16(8-11-18)13-14-23-20-12-9-17(15-24-20)21(26)25-19-5-3-1-2-4-6-19/h7-12,15,19H,1-6,13-14H2,(H,23,24)(H,25,26). The van der Waals surface area contributed by atoms with Crippen LogP contribution in [0.5, 0.6) is 0 Å². The molecule has 2 aromatic rings. The predicted octanol–water partition coefficient (Wildman–Crippen LogP) is 4.33. The molecule has 26 heavy (non-hydrogen) atoms. The Morgan fingerprint density at radius 3 is 2.42 bits per heavy atom. The summed E-state index contributed by atoms with van der Waals surface area (Å²) in [4.78, 5) is 16.7. The lowest BCUT2D eigenvalue weighted by Gasteiger charge is -2.16. The summed E-state index contributed by atoms with van der Waals surface area (Å²) in [6.07, 6.45) is 9.47. The van der Waals surface area contributed by atoms with Crippen molar-refractivity contribution < 1.29 is 9.18 Å². The number of benzene rings is 1. The molecule has 0 spiro atoms. The van der Waals surface area contributed by atoms with Crippen molar-refractivity contribution in [2.75, 3.05) is 11.9 Å². The molecule has 0 bridgehead atoms. The summed E-state index contributed by atoms with van der Waals surface area (Å²) < 4.78 is 12.9. The Bertz CT molecular complexity index is 692. The maximum Gasteiger partial charge on any atom is 0.253 e. The molecule has 1 aliphatic carbocycles. The van der Waals surface area contributed by atoms with E-state index in [-0.39, 0.29) is 11.7 Å². The van der Waals surface area contributed by atoms with E-state index in [4.69, 9.17) is 0 Å². The van der Waals surface area contributed by atoms with Crippen LogP contribution in [-0.2, 0) is 6.42 Å². The van der Waals surface area contributed by atoms with Crippen LogP contribution in [0.15, 0.2) is 42.6 Å². The normalized spacial score (nSPS) is 15.3. The molecule has 3 rings (SSSR count). The van der Waals surface area contributed by atoms with Gasteiger partial charge in [0.1, 0.15) is 11.6 Å². The largest absolute Gasteiger partial charge is 0.370 e. The number of nitrogens with zero attached hydrogens (tertiary/aromatic N) is 1. The van der Waals surface area contributed by atoms with Crippen molar-refractivity contribution in [2.24, 2.45) is 0 Å². The van der Waals surface area contributed by atoms with Gasteiger partial charge in [-0.25, -0.2) is 9.37 Å². The number of rotatable bonds is 6. The molecule has 4 nitrogen and oxygen atoms in total. The van der Waals surface area contributed by atoms with Crippen LogP contribution in [-0.4, -0.2) is 23.5 Å². The van der Waals surface area contributed by atoms with Gasteiger partial charge >= 0.3 is 0 Å². The molecule has 1 aromatic heterocycles. The van der Waals surface area contributed by atoms with E-state index in [0.717, 1.165) is 30.6 Å². The number of hydrogen-bond donors (Lipinski definition) is 2. The topological polar surface area (TPSA) is 54.0 Å². The van der Waals surface area contributed by atoms with Gasteiger partial charge in [-0.2, -0.15) is 0 Å². The predicted molar refractivity (Wildman–Crippen MR) is 102 cm³/mol. The van der Waals surface area contributed by atoms with Crippen LogP contribution in [0.2, 0.25) is 0 Å². The highest BCUT2D eigenvalue weighted by atomic mass is 19.1. The fourth-order valence-corrected chi connectivity index (χ4v) is 3.31. The number of aromatic nitrogens is 1. The summed E-state index contributed by atoms with van der Waals surface area (Å²) in [5, 5.41) is 6.36. The zero-order valence-electron chi connectivity index (χ0n) is 15.0. The van der Waals surface area contributed by atoms with Gasteiger partial charge in [-0.3, -0.25) is 4.79 Å². The summed E-state index contributed by atoms with van der Waals surface area (Å²) in [6, 6.07) is 10.4. The molecule has 1 heterocycles. The average Bonchev–Trinajstić information content (AvgIpc) is 2.92. The quantitative estimate of drug-likeness (QED) is 0.759. The molecule has 138 valence electrons. The Morgan fingerprint density at radius 1 is 1.04 bits per heavy atom. The molecule has 0 unspecified atom stereocenters. The molecule has 1 saturated carbocycles. The Hall–Kier alpha value is -2.43. The fourth-order valence-electron chi connectivity index (χ4n) is 3.31. The first-order valence-corrected chi connectivity index (χ1v) is 9.46. The van der Waals surface area contributed by atoms with Gasteiger partial charge in [0.15, 0.2) is 0 Å². The number of nitrogens with one attached hydrogen (secondary N) is 2. The van der Waals surface area contributed by atoms with Crippen LogP contribution in [0.4, 0.5) is 10.2 Å². The van der Waals surface area contributed by atoms with E-state index in [1.165, 1.54) is 37.8 Å². The molecule has 2 N–H and O–H groups in total. The maximum atomic E-state index is 12.9. The number of halogens is 1. The zero-order chi connectivity index (χ0) is 18.2. The highest BCUT2D eigenvalue weighted by Crippen LogP contribution is 2.17. The lowest BCUT2D eigenvalue weighted by atomic mass is 10.1. The van der Waals surface area contributed by atoms with Gasteiger partial charge in [0.25, 0.3) is 5.91 Å². The third-order valence-corrected chi connectivity index (χ3v) is 4.85. The highest BCUT2D eigenvalue weighted by molar-refractivity contribution is 5.94. The number of hydrogen-bond acceptors (Lipinski definition) is 3. The minimum Gasteiger partial charge on any atom is -0.370 e. The minimum absolute atomic E-state index is 0.0396. The summed E-state index contributed by atoms with van der Waals surface area (Å²) in [5.74, 6) is 0.474. The second-order valence-electron chi connectivity index (χ2n) is 6.90. The number of pyridine rings is 1. The molecule has 0 aliphatic heterocycles. The van der Waals surface area contributed by atoms with Crippen molar-refractivity contribution >= 4 is 11.7 Å². The lowest BCUT2D eigenvalue weighted by molar-refractivity contribution is 0.0933. The highest BCUT2D eigenvalue weighted by Gasteiger charge is 2.15. The third kappa shape index (κ3) is 5.55. The molecular weight excluding hydrogens is 329 g/mol. The third-order valence-electron chi connectivity index (χ3n) is 4.85. The van der Waals surface area contributed by atoms with Crippen LogP contribution >= 0.6 is 0 Å². The first-order valence-electron chi connectivity index (χ1n) is 9.46. The van der Waals surface area contributed by atoms with Crippen LogP contribution in [0.25, 0.3) is 0 Å². The van der Waals surface area contributed by atoms with E-state index in [0.29, 0.717) is 18.2 Å². The van der Waals surface area contributed by atoms with E-state index >= 15 is 0 Å². The van der Waals surface area contributed by atoms with Crippen molar-refractivity contribution in [1.82, 2.24) is 10.3 Å². The van der Waals surface area contributed by atoms with Crippen LogP contribution in [0.1, 0.15) is 54.4 Å². The minimum atomic E-state index is -0.221. The first kappa shape index (κ1) is 18.4. The number of carbonyl (C=O) groups is 1. The molecule has 0 saturated heterocycles. The summed E-state index contributed by atoms with van der Waals surface area (Å²) in [5.41, 5.74) is 1.66. The zero-order valence-corrected chi connectivity index (χ0v) is 15.0. The average molecular weight is 355 g/mol. The van der Waals surface area contributed by atoms with Crippen molar-refractivity contribution in [3.63, 3.8) is 0 Å². The molecular formula is C21H26FN3O. The fraction of sp³-hybridized carbons (Fsp3) is 0.429. The first-order chi connectivity index (χ1) is 12.7. The molecule has 1 aliphatic rings. The van der Waals surface area contributed by atoms with E-state index in [1.807, 2.05) is 6.07 Å².